The van der Waals surface area contributed by atoms with Crippen LogP contribution in [-0.2, 0) is 6.18 Å². The number of hydrogen-bond acceptors (Lipinski definition) is 4. The highest BCUT2D eigenvalue weighted by Gasteiger charge is 2.31. The minimum atomic E-state index is -4.47. The highest BCUT2D eigenvalue weighted by atomic mass is 35.5. The van der Waals surface area contributed by atoms with Crippen molar-refractivity contribution in [2.45, 2.75) is 24.9 Å². The van der Waals surface area contributed by atoms with Gasteiger partial charge in [-0.2, -0.15) is 18.3 Å². The molecule has 0 saturated heterocycles. The molecule has 2 aromatic rings. The average Bonchev–Trinajstić information content (AvgIpc) is 3.18. The van der Waals surface area contributed by atoms with E-state index >= 15 is 0 Å². The fourth-order valence-corrected chi connectivity index (χ4v) is 3.55. The van der Waals surface area contributed by atoms with Gasteiger partial charge in [0.2, 0.25) is 0 Å². The quantitative estimate of drug-likeness (QED) is 0.425. The second kappa shape index (κ2) is 6.94. The zero-order valence-electron chi connectivity index (χ0n) is 12.3. The Morgan fingerprint density at radius 1 is 1.38 bits per heavy atom. The minimum Gasteiger partial charge on any atom is -0.260 e. The summed E-state index contributed by atoms with van der Waals surface area (Å²) in [5.41, 5.74) is 1.68. The summed E-state index contributed by atoms with van der Waals surface area (Å²) >= 11 is 7.44. The van der Waals surface area contributed by atoms with E-state index in [4.69, 9.17) is 11.6 Å². The maximum absolute atomic E-state index is 12.6. The number of thiophene rings is 1. The Bertz CT molecular complexity index is 783. The first-order valence-electron chi connectivity index (χ1n) is 7.22. The van der Waals surface area contributed by atoms with E-state index in [0.29, 0.717) is 5.92 Å². The van der Waals surface area contributed by atoms with Gasteiger partial charge in [-0.15, -0.1) is 11.3 Å². The molecule has 3 nitrogen and oxygen atoms in total. The van der Waals surface area contributed by atoms with Crippen LogP contribution in [0.2, 0.25) is 5.02 Å². The summed E-state index contributed by atoms with van der Waals surface area (Å²) in [5.74, 6) is 0.549. The van der Waals surface area contributed by atoms with Gasteiger partial charge in [0, 0.05) is 21.9 Å². The standard InChI is InChI=1S/C16H13ClF3N3S/c17-13-7-11(16(18,19)20)8-21-15(13)23-22-9-12-5-6-14(24-12)10-3-1-2-4-10/h1,3,5-10H,2,4H2,(H,21,23)/b22-9+. The lowest BCUT2D eigenvalue weighted by atomic mass is 10.1. The Morgan fingerprint density at radius 3 is 2.88 bits per heavy atom. The summed E-state index contributed by atoms with van der Waals surface area (Å²) in [6.07, 6.45) is 4.46. The number of halogens is 4. The van der Waals surface area contributed by atoms with Gasteiger partial charge in [0.25, 0.3) is 0 Å². The van der Waals surface area contributed by atoms with Gasteiger partial charge in [-0.25, -0.2) is 4.98 Å². The number of hydrazone groups is 1. The van der Waals surface area contributed by atoms with Crippen LogP contribution in [0, 0.1) is 0 Å². The van der Waals surface area contributed by atoms with Crippen molar-refractivity contribution in [3.63, 3.8) is 0 Å². The fourth-order valence-electron chi connectivity index (χ4n) is 2.34. The Balaban J connectivity index is 1.65. The molecule has 1 aliphatic carbocycles. The number of hydrogen-bond donors (Lipinski definition) is 1. The van der Waals surface area contributed by atoms with Crippen LogP contribution in [0.5, 0.6) is 0 Å². The van der Waals surface area contributed by atoms with E-state index < -0.39 is 11.7 Å². The number of allylic oxidation sites excluding steroid dienone is 2. The molecule has 1 aliphatic rings. The van der Waals surface area contributed by atoms with Crippen LogP contribution in [0.25, 0.3) is 0 Å². The molecule has 126 valence electrons. The largest absolute Gasteiger partial charge is 0.417 e. The molecular weight excluding hydrogens is 359 g/mol. The number of aromatic nitrogens is 1. The topological polar surface area (TPSA) is 37.3 Å². The molecule has 1 N–H and O–H groups in total. The predicted molar refractivity (Wildman–Crippen MR) is 90.9 cm³/mol. The van der Waals surface area contributed by atoms with Crippen LogP contribution in [-0.4, -0.2) is 11.2 Å². The third-order valence-corrected chi connectivity index (χ3v) is 5.00. The molecule has 0 radical (unpaired) electrons. The van der Waals surface area contributed by atoms with Gasteiger partial charge in [-0.1, -0.05) is 23.8 Å². The van der Waals surface area contributed by atoms with Crippen molar-refractivity contribution in [2.75, 3.05) is 5.43 Å². The van der Waals surface area contributed by atoms with Crippen molar-refractivity contribution < 1.29 is 13.2 Å². The number of alkyl halides is 3. The van der Waals surface area contributed by atoms with Crippen molar-refractivity contribution in [1.82, 2.24) is 4.98 Å². The highest BCUT2D eigenvalue weighted by molar-refractivity contribution is 7.13. The van der Waals surface area contributed by atoms with Crippen molar-refractivity contribution in [3.05, 3.63) is 56.9 Å². The van der Waals surface area contributed by atoms with Crippen LogP contribution in [0.3, 0.4) is 0 Å². The summed E-state index contributed by atoms with van der Waals surface area (Å²) in [6, 6.07) is 4.84. The second-order valence-corrected chi connectivity index (χ2v) is 6.83. The summed E-state index contributed by atoms with van der Waals surface area (Å²) in [4.78, 5) is 5.88. The van der Waals surface area contributed by atoms with Gasteiger partial charge in [0.05, 0.1) is 16.8 Å². The van der Waals surface area contributed by atoms with Gasteiger partial charge in [-0.05, 0) is 31.0 Å². The number of pyridine rings is 1. The normalized spacial score (nSPS) is 17.8. The van der Waals surface area contributed by atoms with Gasteiger partial charge >= 0.3 is 6.18 Å². The van der Waals surface area contributed by atoms with Crippen molar-refractivity contribution in [1.29, 1.82) is 0 Å². The van der Waals surface area contributed by atoms with E-state index in [1.54, 1.807) is 17.6 Å². The predicted octanol–water partition coefficient (Wildman–Crippen LogP) is 5.69. The first-order valence-corrected chi connectivity index (χ1v) is 8.41. The van der Waals surface area contributed by atoms with E-state index in [9.17, 15) is 13.2 Å². The molecule has 24 heavy (non-hydrogen) atoms. The van der Waals surface area contributed by atoms with Crippen LogP contribution >= 0.6 is 22.9 Å². The third-order valence-electron chi connectivity index (χ3n) is 3.56. The molecule has 1 unspecified atom stereocenters. The third kappa shape index (κ3) is 3.96. The number of rotatable bonds is 4. The highest BCUT2D eigenvalue weighted by Crippen LogP contribution is 2.33. The minimum absolute atomic E-state index is 0.0800. The Kier molecular flexibility index (Phi) is 4.91. The lowest BCUT2D eigenvalue weighted by Gasteiger charge is -2.08. The smallest absolute Gasteiger partial charge is 0.260 e. The number of nitrogens with zero attached hydrogens (tertiary/aromatic N) is 2. The monoisotopic (exact) mass is 371 g/mol. The lowest BCUT2D eigenvalue weighted by Crippen LogP contribution is -2.06. The summed E-state index contributed by atoms with van der Waals surface area (Å²) in [5, 5.41) is 3.86. The molecule has 1 atom stereocenters. The van der Waals surface area contributed by atoms with Crippen molar-refractivity contribution >= 4 is 35.0 Å². The van der Waals surface area contributed by atoms with E-state index in [-0.39, 0.29) is 10.8 Å². The van der Waals surface area contributed by atoms with Gasteiger partial charge in [0.15, 0.2) is 5.82 Å². The Morgan fingerprint density at radius 2 is 2.21 bits per heavy atom. The van der Waals surface area contributed by atoms with E-state index in [2.05, 4.69) is 33.7 Å². The zero-order chi connectivity index (χ0) is 17.2. The molecule has 0 bridgehead atoms. The molecule has 0 saturated carbocycles. The molecule has 0 aromatic carbocycles. The van der Waals surface area contributed by atoms with E-state index in [1.165, 1.54) is 4.88 Å². The van der Waals surface area contributed by atoms with Crippen LogP contribution < -0.4 is 5.43 Å². The maximum atomic E-state index is 12.6. The first-order chi connectivity index (χ1) is 11.4. The van der Waals surface area contributed by atoms with Gasteiger partial charge in [-0.3, -0.25) is 5.43 Å². The molecule has 8 heteroatoms. The number of nitrogens with one attached hydrogen (secondary N) is 1. The van der Waals surface area contributed by atoms with Crippen LogP contribution in [0.1, 0.15) is 34.1 Å². The van der Waals surface area contributed by atoms with E-state index in [0.717, 1.165) is 30.0 Å². The molecule has 0 aliphatic heterocycles. The van der Waals surface area contributed by atoms with E-state index in [1.807, 2.05) is 6.07 Å². The summed E-state index contributed by atoms with van der Waals surface area (Å²) < 4.78 is 37.7. The van der Waals surface area contributed by atoms with Crippen molar-refractivity contribution in [3.8, 4) is 0 Å². The molecule has 3 rings (SSSR count). The maximum Gasteiger partial charge on any atom is 0.417 e. The van der Waals surface area contributed by atoms with Gasteiger partial charge in [0.1, 0.15) is 0 Å². The van der Waals surface area contributed by atoms with Crippen LogP contribution in [0.15, 0.2) is 41.6 Å². The molecule has 2 heterocycles. The Hall–Kier alpha value is -1.86. The molecule has 2 aromatic heterocycles. The average molecular weight is 372 g/mol. The fraction of sp³-hybridized carbons (Fsp3) is 0.250. The summed E-state index contributed by atoms with van der Waals surface area (Å²) in [6.45, 7) is 0. The van der Waals surface area contributed by atoms with Crippen molar-refractivity contribution in [2.24, 2.45) is 5.10 Å². The second-order valence-electron chi connectivity index (χ2n) is 5.27. The first kappa shape index (κ1) is 17.0. The number of anilines is 1. The summed E-state index contributed by atoms with van der Waals surface area (Å²) in [7, 11) is 0. The van der Waals surface area contributed by atoms with Crippen LogP contribution in [0.4, 0.5) is 19.0 Å². The molecule has 0 spiro atoms. The Labute approximate surface area is 145 Å². The lowest BCUT2D eigenvalue weighted by molar-refractivity contribution is -0.137. The molecular formula is C16H13ClF3N3S. The molecule has 0 fully saturated rings. The SMILES string of the molecule is FC(F)(F)c1cnc(N/N=C/c2ccc(C3C=CCC3)s2)c(Cl)c1. The zero-order valence-corrected chi connectivity index (χ0v) is 13.9. The molecule has 0 amide bonds. The van der Waals surface area contributed by atoms with Gasteiger partial charge < -0.3 is 0 Å².